The summed E-state index contributed by atoms with van der Waals surface area (Å²) in [5.74, 6) is 0. The molecule has 0 radical (unpaired) electrons. The number of fused-ring (bicyclic) bond motifs is 1. The maximum absolute atomic E-state index is 5.53. The van der Waals surface area contributed by atoms with Gasteiger partial charge < -0.3 is 10.5 Å². The topological polar surface area (TPSA) is 35.2 Å². The highest BCUT2D eigenvalue weighted by Crippen LogP contribution is 2.48. The molecule has 54 valence electrons. The van der Waals surface area contributed by atoms with Crippen LogP contribution in [0.15, 0.2) is 0 Å². The minimum atomic E-state index is 0. The minimum Gasteiger partial charge on any atom is -0.378 e. The van der Waals surface area contributed by atoms with Crippen LogP contribution in [0.1, 0.15) is 12.8 Å². The molecule has 3 rings (SSSR count). The van der Waals surface area contributed by atoms with Gasteiger partial charge >= 0.3 is 0 Å². The number of hydrogen-bond donors (Lipinski definition) is 1. The summed E-state index contributed by atoms with van der Waals surface area (Å²) in [4.78, 5) is 0. The number of hydrogen-bond acceptors (Lipinski definition) is 2. The Balaban J connectivity index is 0.000000405. The normalized spacial score (nSPS) is 45.7. The zero-order valence-electron chi connectivity index (χ0n) is 5.30. The van der Waals surface area contributed by atoms with E-state index in [1.165, 1.54) is 12.8 Å². The maximum atomic E-state index is 5.53. The van der Waals surface area contributed by atoms with E-state index in [1.54, 1.807) is 0 Å². The highest BCUT2D eigenvalue weighted by atomic mass is 35.5. The molecular weight excluding hydrogens is 138 g/mol. The molecule has 2 N–H and O–H groups in total. The van der Waals surface area contributed by atoms with Crippen molar-refractivity contribution < 1.29 is 4.74 Å². The Morgan fingerprint density at radius 3 is 2.44 bits per heavy atom. The third kappa shape index (κ3) is 0.858. The lowest BCUT2D eigenvalue weighted by atomic mass is 9.70. The molecule has 3 aliphatic rings. The van der Waals surface area contributed by atoms with Gasteiger partial charge in [0.05, 0.1) is 12.7 Å². The number of rotatable bonds is 1. The van der Waals surface area contributed by atoms with Gasteiger partial charge in [0.25, 0.3) is 0 Å². The second-order valence-electron chi connectivity index (χ2n) is 3.05. The van der Waals surface area contributed by atoms with Crippen molar-refractivity contribution in [3.05, 3.63) is 0 Å². The molecule has 0 aromatic rings. The molecule has 1 aliphatic carbocycles. The van der Waals surface area contributed by atoms with Crippen LogP contribution in [0.2, 0.25) is 0 Å². The van der Waals surface area contributed by atoms with Gasteiger partial charge in [-0.1, -0.05) is 0 Å². The fourth-order valence-electron chi connectivity index (χ4n) is 1.66. The monoisotopic (exact) mass is 149 g/mol. The van der Waals surface area contributed by atoms with Crippen LogP contribution in [0.5, 0.6) is 0 Å². The SMILES string of the molecule is Cl.NCC12COC(C1)C2. The Morgan fingerprint density at radius 1 is 1.56 bits per heavy atom. The Kier molecular flexibility index (Phi) is 1.72. The largest absolute Gasteiger partial charge is 0.378 e. The molecule has 2 heterocycles. The molecule has 1 saturated carbocycles. The standard InChI is InChI=1S/C6H11NO.ClH/c7-3-6-1-5(2-6)8-4-6;/h5H,1-4,7H2;1H. The van der Waals surface area contributed by atoms with Crippen LogP contribution < -0.4 is 5.73 Å². The van der Waals surface area contributed by atoms with Crippen molar-refractivity contribution in [2.75, 3.05) is 13.2 Å². The zero-order valence-corrected chi connectivity index (χ0v) is 6.12. The van der Waals surface area contributed by atoms with Crippen LogP contribution >= 0.6 is 12.4 Å². The Labute approximate surface area is 61.2 Å². The van der Waals surface area contributed by atoms with Crippen molar-refractivity contribution in [1.82, 2.24) is 0 Å². The van der Waals surface area contributed by atoms with Crippen LogP contribution in [-0.2, 0) is 4.74 Å². The first-order chi connectivity index (χ1) is 3.85. The summed E-state index contributed by atoms with van der Waals surface area (Å²) in [6.07, 6.45) is 3.03. The van der Waals surface area contributed by atoms with Crippen LogP contribution in [-0.4, -0.2) is 19.3 Å². The highest BCUT2D eigenvalue weighted by molar-refractivity contribution is 5.85. The summed E-state index contributed by atoms with van der Waals surface area (Å²) in [7, 11) is 0. The molecule has 2 saturated heterocycles. The van der Waals surface area contributed by atoms with Gasteiger partial charge in [-0.15, -0.1) is 12.4 Å². The molecule has 0 spiro atoms. The van der Waals surface area contributed by atoms with E-state index in [0.717, 1.165) is 13.2 Å². The second-order valence-corrected chi connectivity index (χ2v) is 3.05. The Bertz CT molecular complexity index is 106. The molecule has 0 aromatic heterocycles. The molecule has 3 fully saturated rings. The molecule has 0 atom stereocenters. The lowest BCUT2D eigenvalue weighted by molar-refractivity contribution is 0.113. The van der Waals surface area contributed by atoms with Crippen LogP contribution in [0.25, 0.3) is 0 Å². The molecule has 2 bridgehead atoms. The van der Waals surface area contributed by atoms with Crippen molar-refractivity contribution in [3.8, 4) is 0 Å². The number of nitrogens with two attached hydrogens (primary N) is 1. The quantitative estimate of drug-likeness (QED) is 0.591. The smallest absolute Gasteiger partial charge is 0.0588 e. The van der Waals surface area contributed by atoms with E-state index >= 15 is 0 Å². The summed E-state index contributed by atoms with van der Waals surface area (Å²) in [6.45, 7) is 1.75. The van der Waals surface area contributed by atoms with E-state index in [9.17, 15) is 0 Å². The minimum absolute atomic E-state index is 0. The summed E-state index contributed by atoms with van der Waals surface area (Å²) in [6, 6.07) is 0. The van der Waals surface area contributed by atoms with Crippen LogP contribution in [0, 0.1) is 5.41 Å². The second kappa shape index (κ2) is 2.11. The molecule has 2 aliphatic heterocycles. The Hall–Kier alpha value is 0.210. The third-order valence-electron chi connectivity index (χ3n) is 2.38. The lowest BCUT2D eigenvalue weighted by Crippen LogP contribution is -2.39. The fraction of sp³-hybridized carbons (Fsp3) is 1.00. The van der Waals surface area contributed by atoms with Gasteiger partial charge in [0, 0.05) is 12.0 Å². The third-order valence-corrected chi connectivity index (χ3v) is 2.38. The average Bonchev–Trinajstić information content (AvgIpc) is 2.17. The summed E-state index contributed by atoms with van der Waals surface area (Å²) < 4.78 is 5.34. The van der Waals surface area contributed by atoms with E-state index in [1.807, 2.05) is 0 Å². The molecule has 3 heteroatoms. The van der Waals surface area contributed by atoms with E-state index in [4.69, 9.17) is 10.5 Å². The highest BCUT2D eigenvalue weighted by Gasteiger charge is 2.50. The molecule has 2 nitrogen and oxygen atoms in total. The summed E-state index contributed by atoms with van der Waals surface area (Å²) in [5, 5.41) is 0. The van der Waals surface area contributed by atoms with Gasteiger partial charge in [-0.25, -0.2) is 0 Å². The van der Waals surface area contributed by atoms with Crippen molar-refractivity contribution in [3.63, 3.8) is 0 Å². The van der Waals surface area contributed by atoms with Crippen molar-refractivity contribution in [1.29, 1.82) is 0 Å². The molecule has 0 aromatic carbocycles. The first-order valence-electron chi connectivity index (χ1n) is 3.16. The molecule has 0 amide bonds. The predicted octanol–water partition coefficient (Wildman–Crippen LogP) is 0.546. The number of halogens is 1. The van der Waals surface area contributed by atoms with Gasteiger partial charge in [-0.05, 0) is 12.8 Å². The van der Waals surface area contributed by atoms with Gasteiger partial charge in [-0.3, -0.25) is 0 Å². The first kappa shape index (κ1) is 7.32. The van der Waals surface area contributed by atoms with Gasteiger partial charge in [-0.2, -0.15) is 0 Å². The van der Waals surface area contributed by atoms with Gasteiger partial charge in [0.2, 0.25) is 0 Å². The molecule has 0 unspecified atom stereocenters. The first-order valence-corrected chi connectivity index (χ1v) is 3.16. The van der Waals surface area contributed by atoms with Crippen molar-refractivity contribution in [2.24, 2.45) is 11.1 Å². The Morgan fingerprint density at radius 2 is 2.22 bits per heavy atom. The lowest BCUT2D eigenvalue weighted by Gasteiger charge is -2.33. The molecular formula is C6H12ClNO. The average molecular weight is 150 g/mol. The van der Waals surface area contributed by atoms with Crippen LogP contribution in [0.3, 0.4) is 0 Å². The number of ether oxygens (including phenoxy) is 1. The maximum Gasteiger partial charge on any atom is 0.0588 e. The fourth-order valence-corrected chi connectivity index (χ4v) is 1.66. The van der Waals surface area contributed by atoms with E-state index in [-0.39, 0.29) is 12.4 Å². The molecule has 9 heavy (non-hydrogen) atoms. The van der Waals surface area contributed by atoms with Gasteiger partial charge in [0.15, 0.2) is 0 Å². The van der Waals surface area contributed by atoms with Crippen LogP contribution in [0.4, 0.5) is 0 Å². The van der Waals surface area contributed by atoms with Crippen molar-refractivity contribution >= 4 is 12.4 Å². The van der Waals surface area contributed by atoms with E-state index < -0.39 is 0 Å². The summed E-state index contributed by atoms with van der Waals surface area (Å²) in [5.41, 5.74) is 5.96. The van der Waals surface area contributed by atoms with E-state index in [2.05, 4.69) is 0 Å². The predicted molar refractivity (Wildman–Crippen MR) is 37.7 cm³/mol. The van der Waals surface area contributed by atoms with Crippen molar-refractivity contribution in [2.45, 2.75) is 18.9 Å². The summed E-state index contributed by atoms with van der Waals surface area (Å²) >= 11 is 0. The van der Waals surface area contributed by atoms with E-state index in [0.29, 0.717) is 11.5 Å². The zero-order chi connectivity index (χ0) is 5.61. The van der Waals surface area contributed by atoms with Gasteiger partial charge in [0.1, 0.15) is 0 Å².